The summed E-state index contributed by atoms with van der Waals surface area (Å²) in [5.41, 5.74) is 7.01. The molecule has 0 fully saturated rings. The molecule has 4 heterocycles. The van der Waals surface area contributed by atoms with Crippen LogP contribution in [-0.4, -0.2) is 25.7 Å². The standard InChI is InChI=1S/C29H32N3O2/c1-7-32-10-8-9-18-11-21-24(14-23(18)32)30(5)28(33)22-13-19-12-20-17(2)16-29(3,4)31(6)25(20)15-26(19)34-27(21)22/h2,11-15,17H,7-10,16H2,1,3-6H3/q+1. The van der Waals surface area contributed by atoms with Gasteiger partial charge in [0.05, 0.1) is 5.39 Å². The van der Waals surface area contributed by atoms with E-state index in [1.807, 2.05) is 13.1 Å². The lowest BCUT2D eigenvalue weighted by atomic mass is 9.80. The summed E-state index contributed by atoms with van der Waals surface area (Å²) in [6, 6.07) is 10.6. The van der Waals surface area contributed by atoms with Crippen LogP contribution in [0.25, 0.3) is 33.2 Å². The zero-order valence-electron chi connectivity index (χ0n) is 20.7. The molecule has 5 heteroatoms. The summed E-state index contributed by atoms with van der Waals surface area (Å²) < 4.78 is 8.33. The Morgan fingerprint density at radius 3 is 2.74 bits per heavy atom. The van der Waals surface area contributed by atoms with Gasteiger partial charge in [-0.2, -0.15) is 4.57 Å². The Balaban J connectivity index is 1.67. The average molecular weight is 455 g/mol. The molecule has 0 spiro atoms. The van der Waals surface area contributed by atoms with E-state index in [1.165, 1.54) is 11.3 Å². The van der Waals surface area contributed by atoms with Gasteiger partial charge in [-0.05, 0) is 82.2 Å². The molecule has 0 saturated heterocycles. The molecular weight excluding hydrogens is 422 g/mol. The molecule has 0 bridgehead atoms. The third-order valence-electron chi connectivity index (χ3n) is 8.24. The highest BCUT2D eigenvalue weighted by Crippen LogP contribution is 2.45. The Morgan fingerprint density at radius 2 is 1.97 bits per heavy atom. The summed E-state index contributed by atoms with van der Waals surface area (Å²) >= 11 is 0. The molecule has 174 valence electrons. The fourth-order valence-corrected chi connectivity index (χ4v) is 6.02. The maximum atomic E-state index is 13.5. The fourth-order valence-electron chi connectivity index (χ4n) is 6.02. The number of pyridine rings is 1. The third kappa shape index (κ3) is 2.92. The van der Waals surface area contributed by atoms with Gasteiger partial charge in [-0.15, -0.1) is 0 Å². The molecule has 1 atom stereocenters. The monoisotopic (exact) mass is 454 g/mol. The Bertz CT molecular complexity index is 1500. The van der Waals surface area contributed by atoms with E-state index >= 15 is 0 Å². The molecule has 6 rings (SSSR count). The maximum absolute atomic E-state index is 13.5. The predicted octanol–water partition coefficient (Wildman–Crippen LogP) is 5.06. The highest BCUT2D eigenvalue weighted by molar-refractivity contribution is 5.97. The van der Waals surface area contributed by atoms with Crippen molar-refractivity contribution in [2.45, 2.75) is 51.5 Å². The van der Waals surface area contributed by atoms with Crippen molar-refractivity contribution in [1.82, 2.24) is 0 Å². The quantitative estimate of drug-likeness (QED) is 0.229. The van der Waals surface area contributed by atoms with E-state index in [1.54, 1.807) is 4.57 Å². The van der Waals surface area contributed by atoms with Gasteiger partial charge in [0.1, 0.15) is 18.2 Å². The van der Waals surface area contributed by atoms with Crippen molar-refractivity contribution < 1.29 is 8.98 Å². The molecule has 2 radical (unpaired) electrons. The first-order chi connectivity index (χ1) is 16.2. The SMILES string of the molecule is [CH]C1CC(C)(C)N(C)c2cc3oc4c5cc6c(cc5[n+](C)c(=O)c-4cc3cc21)N(CC)CCC6. The van der Waals surface area contributed by atoms with Crippen LogP contribution in [0, 0.1) is 6.92 Å². The maximum Gasteiger partial charge on any atom is 0.423 e. The zero-order chi connectivity index (χ0) is 23.9. The first-order valence-electron chi connectivity index (χ1n) is 12.3. The molecule has 4 aliphatic heterocycles. The summed E-state index contributed by atoms with van der Waals surface area (Å²) in [5.74, 6) is 0.623. The predicted molar refractivity (Wildman–Crippen MR) is 138 cm³/mol. The van der Waals surface area contributed by atoms with E-state index in [0.717, 1.165) is 65.5 Å². The Kier molecular flexibility index (Phi) is 4.55. The van der Waals surface area contributed by atoms with Gasteiger partial charge in [-0.25, -0.2) is 4.79 Å². The van der Waals surface area contributed by atoms with Crippen LogP contribution in [0.5, 0.6) is 0 Å². The van der Waals surface area contributed by atoms with Crippen molar-refractivity contribution in [3.8, 4) is 11.3 Å². The molecule has 34 heavy (non-hydrogen) atoms. The number of aromatic nitrogens is 1. The minimum atomic E-state index is -0.0474. The molecule has 0 aromatic heterocycles. The van der Waals surface area contributed by atoms with Crippen LogP contribution in [0.1, 0.15) is 50.7 Å². The fraction of sp³-hybridized carbons (Fsp3) is 0.414. The van der Waals surface area contributed by atoms with Crippen LogP contribution in [-0.2, 0) is 13.5 Å². The molecule has 4 aliphatic rings. The second-order valence-electron chi connectivity index (χ2n) is 10.7. The van der Waals surface area contributed by atoms with E-state index < -0.39 is 0 Å². The number of nitrogens with zero attached hydrogens (tertiary/aromatic N) is 3. The molecule has 0 saturated carbocycles. The van der Waals surface area contributed by atoms with Crippen LogP contribution >= 0.6 is 0 Å². The van der Waals surface area contributed by atoms with Gasteiger partial charge in [-0.1, -0.05) is 0 Å². The molecule has 5 nitrogen and oxygen atoms in total. The second-order valence-corrected chi connectivity index (χ2v) is 10.7. The Morgan fingerprint density at radius 1 is 1.18 bits per heavy atom. The van der Waals surface area contributed by atoms with Gasteiger partial charge in [0.15, 0.2) is 5.76 Å². The molecule has 1 unspecified atom stereocenters. The summed E-state index contributed by atoms with van der Waals surface area (Å²) in [6.07, 6.45) is 3.06. The largest absolute Gasteiger partial charge is 0.455 e. The minimum Gasteiger partial charge on any atom is -0.455 e. The molecule has 0 amide bonds. The molecule has 0 N–H and O–H groups in total. The number of aryl methyl sites for hydroxylation is 2. The van der Waals surface area contributed by atoms with Gasteiger partial charge in [-0.3, -0.25) is 0 Å². The van der Waals surface area contributed by atoms with E-state index in [2.05, 4.69) is 61.9 Å². The van der Waals surface area contributed by atoms with Crippen LogP contribution in [0.3, 0.4) is 0 Å². The number of fused-ring (bicyclic) bond motifs is 6. The Hall–Kier alpha value is -3.08. The molecule has 2 aromatic carbocycles. The summed E-state index contributed by atoms with van der Waals surface area (Å²) in [6.45, 7) is 15.2. The highest BCUT2D eigenvalue weighted by Gasteiger charge is 2.35. The number of rotatable bonds is 1. The van der Waals surface area contributed by atoms with Crippen molar-refractivity contribution in [2.75, 3.05) is 29.9 Å². The van der Waals surface area contributed by atoms with Crippen molar-refractivity contribution >= 4 is 33.2 Å². The van der Waals surface area contributed by atoms with Crippen LogP contribution in [0.4, 0.5) is 11.4 Å². The topological polar surface area (TPSA) is 40.6 Å². The van der Waals surface area contributed by atoms with Crippen LogP contribution in [0.2, 0.25) is 0 Å². The molecule has 0 aliphatic carbocycles. The van der Waals surface area contributed by atoms with Crippen molar-refractivity contribution in [1.29, 1.82) is 0 Å². The summed E-state index contributed by atoms with van der Waals surface area (Å²) in [5, 5.41) is 1.92. The molecular formula is C29H32N3O2+. The highest BCUT2D eigenvalue weighted by atomic mass is 16.3. The first-order valence-corrected chi connectivity index (χ1v) is 12.3. The van der Waals surface area contributed by atoms with Gasteiger partial charge in [0, 0.05) is 54.6 Å². The van der Waals surface area contributed by atoms with E-state index in [4.69, 9.17) is 11.3 Å². The number of hydrogen-bond donors (Lipinski definition) is 0. The summed E-state index contributed by atoms with van der Waals surface area (Å²) in [7, 11) is 3.98. The van der Waals surface area contributed by atoms with Crippen molar-refractivity contribution in [2.24, 2.45) is 7.05 Å². The number of anilines is 2. The normalized spacial score (nSPS) is 19.6. The zero-order valence-corrected chi connectivity index (χ0v) is 20.7. The van der Waals surface area contributed by atoms with Crippen LogP contribution in [0.15, 0.2) is 39.5 Å². The van der Waals surface area contributed by atoms with Gasteiger partial charge in [0.2, 0.25) is 5.52 Å². The van der Waals surface area contributed by atoms with E-state index in [9.17, 15) is 4.79 Å². The van der Waals surface area contributed by atoms with Crippen molar-refractivity contribution in [3.63, 3.8) is 0 Å². The van der Waals surface area contributed by atoms with Crippen molar-refractivity contribution in [3.05, 3.63) is 58.7 Å². The van der Waals surface area contributed by atoms with Gasteiger partial charge >= 0.3 is 5.56 Å². The smallest absolute Gasteiger partial charge is 0.423 e. The van der Waals surface area contributed by atoms with E-state index in [-0.39, 0.29) is 17.0 Å². The second kappa shape index (κ2) is 7.21. The lowest BCUT2D eigenvalue weighted by molar-refractivity contribution is -0.658. The lowest BCUT2D eigenvalue weighted by Gasteiger charge is -2.45. The third-order valence-corrected chi connectivity index (χ3v) is 8.24. The minimum absolute atomic E-state index is 0.0350. The molecule has 2 aromatic rings. The van der Waals surface area contributed by atoms with Crippen LogP contribution < -0.4 is 19.9 Å². The number of benzene rings is 2. The number of hydrogen-bond acceptors (Lipinski definition) is 4. The van der Waals surface area contributed by atoms with Gasteiger partial charge in [0.25, 0.3) is 0 Å². The van der Waals surface area contributed by atoms with E-state index in [0.29, 0.717) is 11.3 Å². The first kappa shape index (κ1) is 21.5. The Labute approximate surface area is 200 Å². The lowest BCUT2D eigenvalue weighted by Crippen LogP contribution is -2.48. The summed E-state index contributed by atoms with van der Waals surface area (Å²) in [4.78, 5) is 18.1. The average Bonchev–Trinajstić information content (AvgIpc) is 2.82. The van der Waals surface area contributed by atoms with Gasteiger partial charge < -0.3 is 14.2 Å².